The molecule has 0 radical (unpaired) electrons. The Morgan fingerprint density at radius 1 is 0.485 bits per heavy atom. The molecule has 0 spiro atoms. The minimum Gasteiger partial charge on any atom is -0.457 e. The lowest BCUT2D eigenvalue weighted by Crippen LogP contribution is -2.25. The van der Waals surface area contributed by atoms with E-state index < -0.39 is 0 Å². The third kappa shape index (κ3) is 7.07. The van der Waals surface area contributed by atoms with E-state index >= 15 is 0 Å². The monoisotopic (exact) mass is 864 g/mol. The van der Waals surface area contributed by atoms with Gasteiger partial charge in [0.2, 0.25) is 0 Å². The van der Waals surface area contributed by atoms with Crippen LogP contribution in [0.1, 0.15) is 79.0 Å². The van der Waals surface area contributed by atoms with Gasteiger partial charge in [0.05, 0.1) is 38.9 Å². The fraction of sp³-hybridized carbons (Fsp3) is 0.217. The molecule has 0 aliphatic carbocycles. The van der Waals surface area contributed by atoms with Crippen molar-refractivity contribution in [1.29, 1.82) is 0 Å². The van der Waals surface area contributed by atoms with Crippen LogP contribution in [0.25, 0.3) is 61.0 Å². The third-order valence-corrected chi connectivity index (χ3v) is 13.3. The van der Waals surface area contributed by atoms with E-state index in [2.05, 4.69) is 216 Å². The molecule has 6 heteroatoms. The maximum absolute atomic E-state index is 6.86. The van der Waals surface area contributed by atoms with Gasteiger partial charge in [0, 0.05) is 41.2 Å². The molecule has 0 bridgehead atoms. The van der Waals surface area contributed by atoms with Crippen LogP contribution < -0.4 is 14.5 Å². The molecule has 11 rings (SSSR count). The molecule has 1 aliphatic rings. The van der Waals surface area contributed by atoms with E-state index in [1.165, 1.54) is 44.6 Å². The van der Waals surface area contributed by atoms with Gasteiger partial charge in [0.1, 0.15) is 35.2 Å². The summed E-state index contributed by atoms with van der Waals surface area (Å²) in [4.78, 5) is 9.81. The minimum atomic E-state index is -0.0269. The molecular weight excluding hydrogens is 809 g/mol. The number of rotatable bonds is 7. The largest absolute Gasteiger partial charge is 0.457 e. The first-order chi connectivity index (χ1) is 31.6. The predicted octanol–water partition coefficient (Wildman–Crippen LogP) is 16.6. The summed E-state index contributed by atoms with van der Waals surface area (Å²) in [5.41, 5.74) is 16.8. The van der Waals surface area contributed by atoms with Gasteiger partial charge >= 0.3 is 0 Å². The predicted molar refractivity (Wildman–Crippen MR) is 275 cm³/mol. The van der Waals surface area contributed by atoms with E-state index in [1.807, 2.05) is 24.4 Å². The number of aromatic nitrogens is 2. The van der Waals surface area contributed by atoms with Crippen molar-refractivity contribution in [1.82, 2.24) is 9.55 Å². The summed E-state index contributed by atoms with van der Waals surface area (Å²) < 4.78 is 15.6. The average Bonchev–Trinajstić information content (AvgIpc) is 3.98. The van der Waals surface area contributed by atoms with Crippen LogP contribution in [0.4, 0.5) is 22.7 Å². The maximum atomic E-state index is 6.86. The van der Waals surface area contributed by atoms with E-state index in [-0.39, 0.29) is 16.2 Å². The number of ether oxygens (including phenoxy) is 1. The highest BCUT2D eigenvalue weighted by molar-refractivity contribution is 6.23. The zero-order valence-electron chi connectivity index (χ0n) is 39.4. The van der Waals surface area contributed by atoms with Gasteiger partial charge in [-0.15, -0.1) is 0 Å². The molecule has 6 nitrogen and oxygen atoms in total. The topological polar surface area (TPSA) is 46.7 Å². The smallest absolute Gasteiger partial charge is 0.141 e. The fourth-order valence-electron chi connectivity index (χ4n) is 9.73. The summed E-state index contributed by atoms with van der Waals surface area (Å²) >= 11 is 0. The SMILES string of the molecule is CC(C)(C)c1cc(-c2cccc(-c3ccccc3)c2N2CN(c3cccc(Oc4cc5oc6cccc7c6c5c(c4)n7-c4cc(C(C)(C)C)ccn4)c3)c3ccccc32)cc(C(C)(C)C)c1. The highest BCUT2D eigenvalue weighted by atomic mass is 16.5. The van der Waals surface area contributed by atoms with E-state index in [0.29, 0.717) is 12.4 Å². The standard InChI is InChI=1S/C60H56N4O2/c1-58(2,3)40-28-29-61-54(33-40)64-50-26-17-27-52-55(50)56-51(64)35-45(36-53(56)66-52)65-44-21-15-20-43(34-44)62-37-63(49-25-14-13-24-48(49)62)57-46(38-18-11-10-12-19-38)22-16-23-47(57)39-30-41(59(4,5)6)32-42(31-39)60(7,8)9/h10-36H,37H2,1-9H3. The third-order valence-electron chi connectivity index (χ3n) is 13.3. The van der Waals surface area contributed by atoms with Gasteiger partial charge < -0.3 is 19.0 Å². The van der Waals surface area contributed by atoms with Crippen molar-refractivity contribution < 1.29 is 9.15 Å². The number of fused-ring (bicyclic) bond motifs is 1. The number of pyridine rings is 1. The summed E-state index contributed by atoms with van der Waals surface area (Å²) in [6.45, 7) is 21.2. The van der Waals surface area contributed by atoms with Crippen molar-refractivity contribution in [3.05, 3.63) is 181 Å². The molecule has 0 N–H and O–H groups in total. The number of nitrogens with zero attached hydrogens (tertiary/aromatic N) is 4. The quantitative estimate of drug-likeness (QED) is 0.160. The molecule has 328 valence electrons. The van der Waals surface area contributed by atoms with Crippen LogP contribution in [0.15, 0.2) is 168 Å². The van der Waals surface area contributed by atoms with Crippen molar-refractivity contribution >= 4 is 55.7 Å². The molecule has 4 heterocycles. The Hall–Kier alpha value is -7.31. The van der Waals surface area contributed by atoms with Crippen LogP contribution >= 0.6 is 0 Å². The van der Waals surface area contributed by atoms with Gasteiger partial charge in [-0.2, -0.15) is 0 Å². The van der Waals surface area contributed by atoms with Crippen molar-refractivity contribution in [3.8, 4) is 39.6 Å². The summed E-state index contributed by atoms with van der Waals surface area (Å²) in [6.07, 6.45) is 1.92. The Balaban J connectivity index is 1.01. The Kier molecular flexibility index (Phi) is 9.49. The number of para-hydroxylation sites is 3. The highest BCUT2D eigenvalue weighted by Crippen LogP contribution is 2.51. The van der Waals surface area contributed by atoms with Crippen LogP contribution in [-0.2, 0) is 16.2 Å². The van der Waals surface area contributed by atoms with Crippen molar-refractivity contribution in [3.63, 3.8) is 0 Å². The molecule has 0 saturated carbocycles. The van der Waals surface area contributed by atoms with Gasteiger partial charge in [-0.25, -0.2) is 4.98 Å². The molecule has 0 unspecified atom stereocenters. The molecule has 1 aliphatic heterocycles. The summed E-state index contributed by atoms with van der Waals surface area (Å²) in [5.74, 6) is 2.31. The van der Waals surface area contributed by atoms with Crippen molar-refractivity contribution in [2.45, 2.75) is 78.6 Å². The Morgan fingerprint density at radius 3 is 1.83 bits per heavy atom. The molecule has 0 atom stereocenters. The van der Waals surface area contributed by atoms with Crippen molar-refractivity contribution in [2.24, 2.45) is 0 Å². The first kappa shape index (κ1) is 41.4. The van der Waals surface area contributed by atoms with Crippen LogP contribution in [0.5, 0.6) is 11.5 Å². The van der Waals surface area contributed by atoms with Gasteiger partial charge in [0.25, 0.3) is 0 Å². The molecule has 66 heavy (non-hydrogen) atoms. The average molecular weight is 865 g/mol. The zero-order chi connectivity index (χ0) is 45.7. The summed E-state index contributed by atoms with van der Waals surface area (Å²) in [5, 5.41) is 2.18. The lowest BCUT2D eigenvalue weighted by atomic mass is 9.78. The lowest BCUT2D eigenvalue weighted by molar-refractivity contribution is 0.482. The molecule has 3 aromatic heterocycles. The summed E-state index contributed by atoms with van der Waals surface area (Å²) in [7, 11) is 0. The molecular formula is C60H56N4O2. The minimum absolute atomic E-state index is 0.0230. The normalized spacial score (nSPS) is 13.4. The molecule has 0 amide bonds. The number of hydrogen-bond donors (Lipinski definition) is 0. The maximum Gasteiger partial charge on any atom is 0.141 e. The van der Waals surface area contributed by atoms with E-state index in [4.69, 9.17) is 14.1 Å². The number of benzene rings is 7. The number of hydrogen-bond acceptors (Lipinski definition) is 5. The van der Waals surface area contributed by atoms with Crippen molar-refractivity contribution in [2.75, 3.05) is 16.5 Å². The molecule has 0 saturated heterocycles. The molecule has 7 aromatic carbocycles. The van der Waals surface area contributed by atoms with Crippen LogP contribution in [-0.4, -0.2) is 16.2 Å². The van der Waals surface area contributed by atoms with Gasteiger partial charge in [0.15, 0.2) is 0 Å². The second-order valence-corrected chi connectivity index (χ2v) is 21.0. The van der Waals surface area contributed by atoms with Crippen LogP contribution in [0.3, 0.4) is 0 Å². The van der Waals surface area contributed by atoms with E-state index in [0.717, 1.165) is 61.6 Å². The summed E-state index contributed by atoms with van der Waals surface area (Å²) in [6, 6.07) is 56.8. The Labute approximate surface area is 388 Å². The molecule has 0 fully saturated rings. The Bertz CT molecular complexity index is 3410. The first-order valence-corrected chi connectivity index (χ1v) is 23.1. The molecule has 10 aromatic rings. The Morgan fingerprint density at radius 2 is 1.12 bits per heavy atom. The second-order valence-electron chi connectivity index (χ2n) is 21.0. The highest BCUT2D eigenvalue weighted by Gasteiger charge is 2.32. The number of anilines is 4. The van der Waals surface area contributed by atoms with Gasteiger partial charge in [-0.3, -0.25) is 4.57 Å². The lowest BCUT2D eigenvalue weighted by Gasteiger charge is -2.29. The van der Waals surface area contributed by atoms with Crippen LogP contribution in [0.2, 0.25) is 0 Å². The number of furan rings is 1. The van der Waals surface area contributed by atoms with Gasteiger partial charge in [-0.1, -0.05) is 153 Å². The van der Waals surface area contributed by atoms with Crippen LogP contribution in [0, 0.1) is 0 Å². The second kappa shape index (κ2) is 15.1. The first-order valence-electron chi connectivity index (χ1n) is 23.1. The van der Waals surface area contributed by atoms with E-state index in [9.17, 15) is 0 Å². The van der Waals surface area contributed by atoms with E-state index in [1.54, 1.807) is 0 Å². The fourth-order valence-corrected chi connectivity index (χ4v) is 9.73. The zero-order valence-corrected chi connectivity index (χ0v) is 39.4. The van der Waals surface area contributed by atoms with Gasteiger partial charge in [-0.05, 0) is 92.6 Å².